The van der Waals surface area contributed by atoms with E-state index in [1.807, 2.05) is 17.0 Å². The fraction of sp³-hybridized carbons (Fsp3) is 0.571. The highest BCUT2D eigenvalue weighted by Crippen LogP contribution is 2.20. The second-order valence-corrected chi connectivity index (χ2v) is 4.64. The summed E-state index contributed by atoms with van der Waals surface area (Å²) in [5.41, 5.74) is 0. The van der Waals surface area contributed by atoms with E-state index in [-0.39, 0.29) is 12.5 Å². The SMILES string of the molecule is CCCOc1cccnc1NCC(=O)N1CCCC1. The predicted molar refractivity (Wildman–Crippen MR) is 74.3 cm³/mol. The Labute approximate surface area is 114 Å². The number of ether oxygens (including phenoxy) is 1. The van der Waals surface area contributed by atoms with Crippen LogP contribution in [0.4, 0.5) is 5.82 Å². The van der Waals surface area contributed by atoms with Crippen LogP contribution in [0.25, 0.3) is 0 Å². The highest BCUT2D eigenvalue weighted by molar-refractivity contribution is 5.81. The molecule has 0 spiro atoms. The first-order chi connectivity index (χ1) is 9.31. The predicted octanol–water partition coefficient (Wildman–Crippen LogP) is 1.90. The fourth-order valence-electron chi connectivity index (χ4n) is 2.09. The van der Waals surface area contributed by atoms with Gasteiger partial charge in [0.05, 0.1) is 13.2 Å². The average molecular weight is 263 g/mol. The molecule has 0 aliphatic carbocycles. The fourth-order valence-corrected chi connectivity index (χ4v) is 2.09. The second-order valence-electron chi connectivity index (χ2n) is 4.64. The monoisotopic (exact) mass is 263 g/mol. The van der Waals surface area contributed by atoms with Crippen molar-refractivity contribution in [2.75, 3.05) is 31.6 Å². The molecular weight excluding hydrogens is 242 g/mol. The summed E-state index contributed by atoms with van der Waals surface area (Å²) in [6.07, 6.45) is 4.86. The Bertz CT molecular complexity index is 417. The minimum atomic E-state index is 0.129. The Hall–Kier alpha value is -1.78. The van der Waals surface area contributed by atoms with Gasteiger partial charge in [-0.1, -0.05) is 6.92 Å². The molecule has 1 aliphatic heterocycles. The normalized spacial score (nSPS) is 14.5. The van der Waals surface area contributed by atoms with E-state index in [9.17, 15) is 4.79 Å². The molecule has 2 rings (SSSR count). The van der Waals surface area contributed by atoms with Crippen LogP contribution in [0, 0.1) is 0 Å². The molecule has 1 fully saturated rings. The summed E-state index contributed by atoms with van der Waals surface area (Å²) in [6, 6.07) is 3.70. The Morgan fingerprint density at radius 3 is 3.00 bits per heavy atom. The van der Waals surface area contributed by atoms with Crippen molar-refractivity contribution >= 4 is 11.7 Å². The van der Waals surface area contributed by atoms with E-state index in [0.29, 0.717) is 18.2 Å². The van der Waals surface area contributed by atoms with Crippen LogP contribution in [0.3, 0.4) is 0 Å². The lowest BCUT2D eigenvalue weighted by atomic mass is 10.4. The van der Waals surface area contributed by atoms with E-state index in [0.717, 1.165) is 32.4 Å². The first kappa shape index (κ1) is 13.6. The van der Waals surface area contributed by atoms with Gasteiger partial charge < -0.3 is 15.0 Å². The van der Waals surface area contributed by atoms with Crippen LogP contribution in [0.1, 0.15) is 26.2 Å². The van der Waals surface area contributed by atoms with E-state index in [2.05, 4.69) is 17.2 Å². The third kappa shape index (κ3) is 3.84. The zero-order valence-corrected chi connectivity index (χ0v) is 11.4. The first-order valence-corrected chi connectivity index (χ1v) is 6.90. The Morgan fingerprint density at radius 1 is 1.47 bits per heavy atom. The van der Waals surface area contributed by atoms with Gasteiger partial charge in [-0.05, 0) is 31.4 Å². The van der Waals surface area contributed by atoms with Gasteiger partial charge in [0.15, 0.2) is 11.6 Å². The van der Waals surface area contributed by atoms with Crippen LogP contribution in [0.2, 0.25) is 0 Å². The number of hydrogen-bond donors (Lipinski definition) is 1. The van der Waals surface area contributed by atoms with Crippen molar-refractivity contribution < 1.29 is 9.53 Å². The molecule has 104 valence electrons. The third-order valence-electron chi connectivity index (χ3n) is 3.10. The molecule has 5 nitrogen and oxygen atoms in total. The topological polar surface area (TPSA) is 54.5 Å². The molecule has 0 atom stereocenters. The van der Waals surface area contributed by atoms with Crippen molar-refractivity contribution in [1.29, 1.82) is 0 Å². The van der Waals surface area contributed by atoms with Gasteiger partial charge >= 0.3 is 0 Å². The van der Waals surface area contributed by atoms with Crippen molar-refractivity contribution in [1.82, 2.24) is 9.88 Å². The van der Waals surface area contributed by atoms with Crippen LogP contribution in [0.5, 0.6) is 5.75 Å². The molecule has 0 aromatic carbocycles. The molecule has 1 N–H and O–H groups in total. The molecular formula is C14H21N3O2. The summed E-state index contributed by atoms with van der Waals surface area (Å²) in [5.74, 6) is 1.48. The number of nitrogens with zero attached hydrogens (tertiary/aromatic N) is 2. The third-order valence-corrected chi connectivity index (χ3v) is 3.10. The number of likely N-dealkylation sites (tertiary alicyclic amines) is 1. The molecule has 5 heteroatoms. The molecule has 2 heterocycles. The van der Waals surface area contributed by atoms with Crippen molar-refractivity contribution in [2.45, 2.75) is 26.2 Å². The highest BCUT2D eigenvalue weighted by Gasteiger charge is 2.17. The maximum atomic E-state index is 11.9. The number of aromatic nitrogens is 1. The molecule has 0 radical (unpaired) electrons. The molecule has 1 aromatic heterocycles. The molecule has 0 bridgehead atoms. The summed E-state index contributed by atoms with van der Waals surface area (Å²) >= 11 is 0. The maximum absolute atomic E-state index is 11.9. The lowest BCUT2D eigenvalue weighted by molar-refractivity contribution is -0.128. The summed E-state index contributed by atoms with van der Waals surface area (Å²) < 4.78 is 5.59. The zero-order valence-electron chi connectivity index (χ0n) is 11.4. The smallest absolute Gasteiger partial charge is 0.241 e. The molecule has 0 unspecified atom stereocenters. The molecule has 19 heavy (non-hydrogen) atoms. The molecule has 1 aromatic rings. The molecule has 1 aliphatic rings. The number of carbonyl (C=O) groups excluding carboxylic acids is 1. The lowest BCUT2D eigenvalue weighted by Gasteiger charge is -2.16. The number of rotatable bonds is 6. The minimum absolute atomic E-state index is 0.129. The summed E-state index contributed by atoms with van der Waals surface area (Å²) in [5, 5.41) is 3.07. The van der Waals surface area contributed by atoms with E-state index in [4.69, 9.17) is 4.74 Å². The van der Waals surface area contributed by atoms with Gasteiger partial charge in [-0.3, -0.25) is 4.79 Å². The highest BCUT2D eigenvalue weighted by atomic mass is 16.5. The minimum Gasteiger partial charge on any atom is -0.490 e. The van der Waals surface area contributed by atoms with Crippen LogP contribution in [0.15, 0.2) is 18.3 Å². The second kappa shape index (κ2) is 6.97. The summed E-state index contributed by atoms with van der Waals surface area (Å²) in [4.78, 5) is 18.1. The van der Waals surface area contributed by atoms with E-state index >= 15 is 0 Å². The van der Waals surface area contributed by atoms with Gasteiger partial charge in [-0.2, -0.15) is 0 Å². The van der Waals surface area contributed by atoms with Crippen molar-refractivity contribution in [2.24, 2.45) is 0 Å². The van der Waals surface area contributed by atoms with Crippen LogP contribution in [-0.2, 0) is 4.79 Å². The zero-order chi connectivity index (χ0) is 13.5. The van der Waals surface area contributed by atoms with E-state index < -0.39 is 0 Å². The summed E-state index contributed by atoms with van der Waals surface area (Å²) in [6.45, 7) is 4.74. The largest absolute Gasteiger partial charge is 0.490 e. The van der Waals surface area contributed by atoms with Gasteiger partial charge in [0, 0.05) is 19.3 Å². The van der Waals surface area contributed by atoms with Gasteiger partial charge in [0.25, 0.3) is 0 Å². The molecule has 1 amide bonds. The van der Waals surface area contributed by atoms with Gasteiger partial charge in [-0.15, -0.1) is 0 Å². The molecule has 1 saturated heterocycles. The number of pyridine rings is 1. The first-order valence-electron chi connectivity index (χ1n) is 6.90. The standard InChI is InChI=1S/C14H21N3O2/c1-2-10-19-12-6-5-7-15-14(12)16-11-13(18)17-8-3-4-9-17/h5-7H,2-4,8-11H2,1H3,(H,15,16). The van der Waals surface area contributed by atoms with Crippen LogP contribution < -0.4 is 10.1 Å². The maximum Gasteiger partial charge on any atom is 0.241 e. The average Bonchev–Trinajstić information content (AvgIpc) is 2.97. The number of hydrogen-bond acceptors (Lipinski definition) is 4. The Balaban J connectivity index is 1.89. The number of carbonyl (C=O) groups is 1. The lowest BCUT2D eigenvalue weighted by Crippen LogP contribution is -2.33. The van der Waals surface area contributed by atoms with Gasteiger partial charge in [-0.25, -0.2) is 4.98 Å². The summed E-state index contributed by atoms with van der Waals surface area (Å²) in [7, 11) is 0. The van der Waals surface area contributed by atoms with Crippen LogP contribution in [-0.4, -0.2) is 42.0 Å². The van der Waals surface area contributed by atoms with Crippen molar-refractivity contribution in [3.63, 3.8) is 0 Å². The van der Waals surface area contributed by atoms with Gasteiger partial charge in [0.1, 0.15) is 0 Å². The number of nitrogens with one attached hydrogen (secondary N) is 1. The molecule has 0 saturated carbocycles. The van der Waals surface area contributed by atoms with E-state index in [1.54, 1.807) is 6.20 Å². The van der Waals surface area contributed by atoms with Crippen molar-refractivity contribution in [3.05, 3.63) is 18.3 Å². The van der Waals surface area contributed by atoms with Gasteiger partial charge in [0.2, 0.25) is 5.91 Å². The van der Waals surface area contributed by atoms with Crippen molar-refractivity contribution in [3.8, 4) is 5.75 Å². The van der Waals surface area contributed by atoms with E-state index in [1.165, 1.54) is 0 Å². The van der Waals surface area contributed by atoms with Crippen LogP contribution >= 0.6 is 0 Å². The Morgan fingerprint density at radius 2 is 2.26 bits per heavy atom. The number of amides is 1. The number of anilines is 1. The quantitative estimate of drug-likeness (QED) is 0.851. The Kier molecular flexibility index (Phi) is 5.01.